The lowest BCUT2D eigenvalue weighted by Crippen LogP contribution is -2.30. The molecule has 8 heteroatoms. The SMILES string of the molecule is CCc1cc(=O)oc2cc(OCC(=O)N(C)Cc3cc(-c4cccnc4)no3)ccc12. The fourth-order valence-corrected chi connectivity index (χ4v) is 3.21. The van der Waals surface area contributed by atoms with Crippen molar-refractivity contribution >= 4 is 16.9 Å². The number of carbonyl (C=O) groups is 1. The summed E-state index contributed by atoms with van der Waals surface area (Å²) in [6.45, 7) is 2.06. The van der Waals surface area contributed by atoms with E-state index in [9.17, 15) is 9.59 Å². The van der Waals surface area contributed by atoms with Crippen molar-refractivity contribution in [1.82, 2.24) is 15.0 Å². The van der Waals surface area contributed by atoms with Crippen molar-refractivity contribution in [3.63, 3.8) is 0 Å². The quantitative estimate of drug-likeness (QED) is 0.423. The minimum absolute atomic E-state index is 0.163. The Morgan fingerprint density at radius 2 is 2.06 bits per heavy atom. The molecule has 4 rings (SSSR count). The summed E-state index contributed by atoms with van der Waals surface area (Å²) >= 11 is 0. The molecule has 0 saturated carbocycles. The third-order valence-corrected chi connectivity index (χ3v) is 4.88. The van der Waals surface area contributed by atoms with Crippen molar-refractivity contribution in [2.75, 3.05) is 13.7 Å². The Kier molecular flexibility index (Phi) is 5.79. The molecule has 0 bridgehead atoms. The number of amides is 1. The first-order chi connectivity index (χ1) is 15.0. The van der Waals surface area contributed by atoms with Crippen molar-refractivity contribution in [2.24, 2.45) is 0 Å². The summed E-state index contributed by atoms with van der Waals surface area (Å²) in [5.74, 6) is 0.765. The Hall–Kier alpha value is -3.94. The fraction of sp³-hybridized carbons (Fsp3) is 0.217. The third kappa shape index (κ3) is 4.63. The number of ether oxygens (including phenoxy) is 1. The first-order valence-corrected chi connectivity index (χ1v) is 9.83. The van der Waals surface area contributed by atoms with Crippen molar-refractivity contribution in [2.45, 2.75) is 19.9 Å². The molecule has 31 heavy (non-hydrogen) atoms. The standard InChI is InChI=1S/C23H21N3O5/c1-3-15-9-23(28)30-21-11-17(6-7-19(15)21)29-14-22(27)26(2)13-18-10-20(25-31-18)16-5-4-8-24-12-16/h4-12H,3,13-14H2,1-2H3. The van der Waals surface area contributed by atoms with Crippen molar-refractivity contribution < 1.29 is 18.5 Å². The van der Waals surface area contributed by atoms with Crippen LogP contribution < -0.4 is 10.4 Å². The van der Waals surface area contributed by atoms with Gasteiger partial charge in [0.1, 0.15) is 17.0 Å². The Morgan fingerprint density at radius 1 is 1.19 bits per heavy atom. The van der Waals surface area contributed by atoms with Crippen LogP contribution in [-0.2, 0) is 17.8 Å². The Labute approximate surface area is 178 Å². The molecule has 158 valence electrons. The molecule has 0 radical (unpaired) electrons. The maximum atomic E-state index is 12.5. The maximum Gasteiger partial charge on any atom is 0.336 e. The molecule has 3 heterocycles. The van der Waals surface area contributed by atoms with Gasteiger partial charge in [0.05, 0.1) is 6.54 Å². The lowest BCUT2D eigenvalue weighted by molar-refractivity contribution is -0.132. The van der Waals surface area contributed by atoms with Crippen molar-refractivity contribution in [3.05, 3.63) is 76.6 Å². The first kappa shape index (κ1) is 20.3. The molecule has 8 nitrogen and oxygen atoms in total. The highest BCUT2D eigenvalue weighted by Crippen LogP contribution is 2.23. The van der Waals surface area contributed by atoms with Gasteiger partial charge in [-0.25, -0.2) is 4.79 Å². The third-order valence-electron chi connectivity index (χ3n) is 4.88. The van der Waals surface area contributed by atoms with Gasteiger partial charge >= 0.3 is 5.63 Å². The van der Waals surface area contributed by atoms with Crippen LogP contribution in [0.4, 0.5) is 0 Å². The summed E-state index contributed by atoms with van der Waals surface area (Å²) in [7, 11) is 1.66. The molecule has 0 N–H and O–H groups in total. The van der Waals surface area contributed by atoms with E-state index >= 15 is 0 Å². The van der Waals surface area contributed by atoms with E-state index in [1.807, 2.05) is 25.1 Å². The topological polar surface area (TPSA) is 98.7 Å². The highest BCUT2D eigenvalue weighted by molar-refractivity contribution is 5.82. The number of carbonyl (C=O) groups excluding carboxylic acids is 1. The van der Waals surface area contributed by atoms with Crippen LogP contribution in [0.5, 0.6) is 5.75 Å². The van der Waals surface area contributed by atoms with Gasteiger partial charge in [-0.2, -0.15) is 0 Å². The minimum Gasteiger partial charge on any atom is -0.484 e. The number of aryl methyl sites for hydroxylation is 1. The number of benzene rings is 1. The summed E-state index contributed by atoms with van der Waals surface area (Å²) in [6.07, 6.45) is 4.10. The number of aromatic nitrogens is 2. The van der Waals surface area contributed by atoms with E-state index in [1.54, 1.807) is 37.6 Å². The largest absolute Gasteiger partial charge is 0.484 e. The molecule has 0 atom stereocenters. The molecular weight excluding hydrogens is 398 g/mol. The van der Waals surface area contributed by atoms with Gasteiger partial charge in [-0.05, 0) is 36.2 Å². The van der Waals surface area contributed by atoms with Gasteiger partial charge in [0.2, 0.25) is 0 Å². The Bertz CT molecular complexity index is 1260. The number of nitrogens with zero attached hydrogens (tertiary/aromatic N) is 3. The molecule has 0 saturated heterocycles. The fourth-order valence-electron chi connectivity index (χ4n) is 3.21. The second-order valence-electron chi connectivity index (χ2n) is 7.06. The summed E-state index contributed by atoms with van der Waals surface area (Å²) in [4.78, 5) is 29.7. The van der Waals surface area contributed by atoms with Crippen LogP contribution in [-0.4, -0.2) is 34.6 Å². The Balaban J connectivity index is 1.38. The lowest BCUT2D eigenvalue weighted by Gasteiger charge is -2.16. The average molecular weight is 419 g/mol. The zero-order valence-electron chi connectivity index (χ0n) is 17.2. The van der Waals surface area contributed by atoms with E-state index in [-0.39, 0.29) is 19.1 Å². The van der Waals surface area contributed by atoms with Gasteiger partial charge in [-0.1, -0.05) is 12.1 Å². The summed E-state index contributed by atoms with van der Waals surface area (Å²) in [5, 5.41) is 4.88. The molecule has 0 aliphatic carbocycles. The molecule has 0 fully saturated rings. The average Bonchev–Trinajstić information content (AvgIpc) is 3.25. The predicted molar refractivity (Wildman–Crippen MR) is 114 cm³/mol. The van der Waals surface area contributed by atoms with Crippen molar-refractivity contribution in [1.29, 1.82) is 0 Å². The van der Waals surface area contributed by atoms with E-state index in [1.165, 1.54) is 11.0 Å². The van der Waals surface area contributed by atoms with Crippen LogP contribution >= 0.6 is 0 Å². The Morgan fingerprint density at radius 3 is 2.84 bits per heavy atom. The van der Waals surface area contributed by atoms with E-state index in [2.05, 4.69) is 10.1 Å². The van der Waals surface area contributed by atoms with Crippen LogP contribution in [0.2, 0.25) is 0 Å². The number of pyridine rings is 1. The number of hydrogen-bond acceptors (Lipinski definition) is 7. The second kappa shape index (κ2) is 8.83. The number of likely N-dealkylation sites (N-methyl/N-ethyl adjacent to an activating group) is 1. The van der Waals surface area contributed by atoms with Gasteiger partial charge in [0.15, 0.2) is 12.4 Å². The van der Waals surface area contributed by atoms with Crippen LogP contribution in [0.3, 0.4) is 0 Å². The molecule has 1 amide bonds. The summed E-state index contributed by atoms with van der Waals surface area (Å²) in [5.41, 5.74) is 2.43. The van der Waals surface area contributed by atoms with E-state index in [4.69, 9.17) is 13.7 Å². The van der Waals surface area contributed by atoms with Crippen LogP contribution in [0.15, 0.2) is 68.6 Å². The van der Waals surface area contributed by atoms with Gasteiger partial charge in [-0.3, -0.25) is 9.78 Å². The smallest absolute Gasteiger partial charge is 0.336 e. The number of hydrogen-bond donors (Lipinski definition) is 0. The molecule has 4 aromatic rings. The van der Waals surface area contributed by atoms with Crippen LogP contribution in [0, 0.1) is 0 Å². The first-order valence-electron chi connectivity index (χ1n) is 9.83. The highest BCUT2D eigenvalue weighted by atomic mass is 16.5. The predicted octanol–water partition coefficient (Wildman–Crippen LogP) is 3.44. The summed E-state index contributed by atoms with van der Waals surface area (Å²) in [6, 6.07) is 12.2. The van der Waals surface area contributed by atoms with Gasteiger partial charge < -0.3 is 18.6 Å². The van der Waals surface area contributed by atoms with Crippen molar-refractivity contribution in [3.8, 4) is 17.0 Å². The van der Waals surface area contributed by atoms with Gasteiger partial charge in [0.25, 0.3) is 5.91 Å². The molecule has 0 aliphatic heterocycles. The zero-order chi connectivity index (χ0) is 21.8. The molecule has 0 aliphatic rings. The molecule has 1 aromatic carbocycles. The van der Waals surface area contributed by atoms with E-state index in [0.717, 1.165) is 22.9 Å². The second-order valence-corrected chi connectivity index (χ2v) is 7.06. The molecule has 0 spiro atoms. The highest BCUT2D eigenvalue weighted by Gasteiger charge is 2.15. The van der Waals surface area contributed by atoms with Gasteiger partial charge in [-0.15, -0.1) is 0 Å². The lowest BCUT2D eigenvalue weighted by atomic mass is 10.1. The van der Waals surface area contributed by atoms with E-state index < -0.39 is 5.63 Å². The molecule has 0 unspecified atom stereocenters. The number of rotatable bonds is 7. The molecule has 3 aromatic heterocycles. The van der Waals surface area contributed by atoms with E-state index in [0.29, 0.717) is 22.8 Å². The zero-order valence-corrected chi connectivity index (χ0v) is 17.2. The number of fused-ring (bicyclic) bond motifs is 1. The monoisotopic (exact) mass is 419 g/mol. The normalized spacial score (nSPS) is 10.9. The minimum atomic E-state index is -0.407. The van der Waals surface area contributed by atoms with Crippen LogP contribution in [0.1, 0.15) is 18.2 Å². The van der Waals surface area contributed by atoms with Crippen LogP contribution in [0.25, 0.3) is 22.2 Å². The molecular formula is C23H21N3O5. The summed E-state index contributed by atoms with van der Waals surface area (Å²) < 4.78 is 16.2. The van der Waals surface area contributed by atoms with Gasteiger partial charge in [0, 0.05) is 48.6 Å². The maximum absolute atomic E-state index is 12.5.